The number of amides is 1. The number of fused-ring (bicyclic) bond motifs is 1. The number of carbonyl (C=O) groups excluding carboxylic acids is 1. The summed E-state index contributed by atoms with van der Waals surface area (Å²) in [6.07, 6.45) is 1.03. The third kappa shape index (κ3) is 3.69. The maximum atomic E-state index is 14.4. The van der Waals surface area contributed by atoms with Crippen LogP contribution in [0.4, 0.5) is 10.1 Å². The van der Waals surface area contributed by atoms with Crippen LogP contribution in [-0.2, 0) is 10.0 Å². The first-order chi connectivity index (χ1) is 13.8. The number of carbonyl (C=O) groups is 1. The summed E-state index contributed by atoms with van der Waals surface area (Å²) in [5.74, 6) is -1.78. The molecule has 152 valence electrons. The van der Waals surface area contributed by atoms with Crippen LogP contribution >= 0.6 is 15.9 Å². The van der Waals surface area contributed by atoms with Crippen LogP contribution in [-0.4, -0.2) is 34.5 Å². The Kier molecular flexibility index (Phi) is 4.99. The smallest absolute Gasteiger partial charge is 0.300 e. The number of nitrogens with one attached hydrogen (secondary N) is 1. The third-order valence-electron chi connectivity index (χ3n) is 4.66. The van der Waals surface area contributed by atoms with Gasteiger partial charge in [-0.1, -0.05) is 15.9 Å². The summed E-state index contributed by atoms with van der Waals surface area (Å²) in [5, 5.41) is 0.108. The number of hydrogen-bond donors (Lipinski definition) is 1. The van der Waals surface area contributed by atoms with Gasteiger partial charge in [-0.15, -0.1) is 0 Å². The van der Waals surface area contributed by atoms with E-state index in [0.717, 1.165) is 19.5 Å². The zero-order valence-corrected chi connectivity index (χ0v) is 17.6. The molecule has 1 N–H and O–H groups in total. The van der Waals surface area contributed by atoms with Crippen LogP contribution in [0, 0.1) is 5.82 Å². The summed E-state index contributed by atoms with van der Waals surface area (Å²) < 4.78 is 52.7. The molecule has 3 aromatic rings. The summed E-state index contributed by atoms with van der Waals surface area (Å²) in [7, 11) is -2.93. The first-order valence-corrected chi connectivity index (χ1v) is 10.9. The third-order valence-corrected chi connectivity index (χ3v) is 6.50. The van der Waals surface area contributed by atoms with E-state index >= 15 is 0 Å². The lowest BCUT2D eigenvalue weighted by Gasteiger charge is -2.33. The Hall–Kier alpha value is -2.59. The van der Waals surface area contributed by atoms with Crippen molar-refractivity contribution in [2.75, 3.05) is 25.1 Å². The predicted octanol–water partition coefficient (Wildman–Crippen LogP) is 3.67. The molecule has 1 saturated heterocycles. The van der Waals surface area contributed by atoms with Crippen LogP contribution in [0.25, 0.3) is 11.0 Å². The molecule has 0 unspecified atom stereocenters. The van der Waals surface area contributed by atoms with E-state index in [1.54, 1.807) is 12.1 Å². The number of halogens is 2. The number of ether oxygens (including phenoxy) is 1. The molecule has 4 rings (SSSR count). The lowest BCUT2D eigenvalue weighted by Crippen LogP contribution is -2.36. The van der Waals surface area contributed by atoms with Gasteiger partial charge < -0.3 is 14.1 Å². The van der Waals surface area contributed by atoms with Gasteiger partial charge in [-0.3, -0.25) is 4.79 Å². The number of anilines is 1. The minimum atomic E-state index is -4.25. The normalized spacial score (nSPS) is 14.0. The van der Waals surface area contributed by atoms with E-state index < -0.39 is 21.7 Å². The van der Waals surface area contributed by atoms with Gasteiger partial charge in [-0.05, 0) is 30.7 Å². The van der Waals surface area contributed by atoms with Crippen molar-refractivity contribution < 1.29 is 26.8 Å². The number of nitrogens with zero attached hydrogens (tertiary/aromatic N) is 1. The van der Waals surface area contributed by atoms with Crippen molar-refractivity contribution in [3.8, 4) is 5.75 Å². The Morgan fingerprint density at radius 2 is 2.00 bits per heavy atom. The van der Waals surface area contributed by atoms with Gasteiger partial charge in [-0.25, -0.2) is 17.5 Å². The lowest BCUT2D eigenvalue weighted by atomic mass is 10.1. The fourth-order valence-electron chi connectivity index (χ4n) is 3.04. The van der Waals surface area contributed by atoms with E-state index in [1.165, 1.54) is 31.4 Å². The van der Waals surface area contributed by atoms with E-state index in [9.17, 15) is 17.6 Å². The molecule has 0 atom stereocenters. The molecular weight excluding hydrogens is 467 g/mol. The Balaban J connectivity index is 1.65. The average molecular weight is 483 g/mol. The van der Waals surface area contributed by atoms with E-state index in [4.69, 9.17) is 9.15 Å². The van der Waals surface area contributed by atoms with Gasteiger partial charge in [0.15, 0.2) is 5.76 Å². The largest absolute Gasteiger partial charge is 0.495 e. The Morgan fingerprint density at radius 3 is 2.66 bits per heavy atom. The van der Waals surface area contributed by atoms with Crippen LogP contribution in [0.5, 0.6) is 5.75 Å². The van der Waals surface area contributed by atoms with Crippen molar-refractivity contribution in [1.82, 2.24) is 4.72 Å². The maximum Gasteiger partial charge on any atom is 0.300 e. The van der Waals surface area contributed by atoms with E-state index in [-0.39, 0.29) is 27.4 Å². The number of rotatable bonds is 5. The zero-order valence-electron chi connectivity index (χ0n) is 15.2. The van der Waals surface area contributed by atoms with Crippen molar-refractivity contribution in [3.05, 3.63) is 52.4 Å². The standard InChI is InChI=1S/C19H16BrFN2O5S/c1-27-15-4-3-11(20)7-18(15)29(25,26)22-19(24)17-10-13-14(21)8-12(9-16(13)28-17)23-5-2-6-23/h3-4,7-10H,2,5-6H2,1H3,(H,22,24). The highest BCUT2D eigenvalue weighted by molar-refractivity contribution is 9.10. The van der Waals surface area contributed by atoms with Crippen LogP contribution in [0.15, 0.2) is 50.2 Å². The number of sulfonamides is 1. The molecule has 1 amide bonds. The number of hydrogen-bond acceptors (Lipinski definition) is 6. The van der Waals surface area contributed by atoms with Crippen LogP contribution < -0.4 is 14.4 Å². The van der Waals surface area contributed by atoms with E-state index in [0.29, 0.717) is 10.2 Å². The summed E-state index contributed by atoms with van der Waals surface area (Å²) >= 11 is 3.19. The Bertz CT molecular complexity index is 1220. The number of benzene rings is 2. The molecule has 1 fully saturated rings. The molecule has 0 spiro atoms. The molecule has 2 heterocycles. The summed E-state index contributed by atoms with van der Waals surface area (Å²) in [4.78, 5) is 14.3. The van der Waals surface area contributed by atoms with Crippen molar-refractivity contribution in [2.24, 2.45) is 0 Å². The topological polar surface area (TPSA) is 88.8 Å². The van der Waals surface area contributed by atoms with Gasteiger partial charge >= 0.3 is 5.91 Å². The molecular formula is C19H16BrFN2O5S. The highest BCUT2D eigenvalue weighted by atomic mass is 79.9. The average Bonchev–Trinajstić information content (AvgIpc) is 3.05. The maximum absolute atomic E-state index is 14.4. The Labute approximate surface area is 174 Å². The second-order valence-electron chi connectivity index (χ2n) is 6.52. The highest BCUT2D eigenvalue weighted by Gasteiger charge is 2.26. The monoisotopic (exact) mass is 482 g/mol. The number of furan rings is 1. The molecule has 0 radical (unpaired) electrons. The van der Waals surface area contributed by atoms with Crippen LogP contribution in [0.1, 0.15) is 17.0 Å². The number of methoxy groups -OCH3 is 1. The molecule has 0 aliphatic carbocycles. The highest BCUT2D eigenvalue weighted by Crippen LogP contribution is 2.31. The van der Waals surface area contributed by atoms with Gasteiger partial charge in [-0.2, -0.15) is 0 Å². The van der Waals surface area contributed by atoms with Crippen molar-refractivity contribution >= 4 is 48.5 Å². The van der Waals surface area contributed by atoms with Gasteiger partial charge in [0.2, 0.25) is 0 Å². The molecule has 1 aromatic heterocycles. The van der Waals surface area contributed by atoms with Crippen molar-refractivity contribution in [3.63, 3.8) is 0 Å². The van der Waals surface area contributed by atoms with E-state index in [1.807, 2.05) is 9.62 Å². The lowest BCUT2D eigenvalue weighted by molar-refractivity contribution is 0.0956. The molecule has 2 aromatic carbocycles. The fraction of sp³-hybridized carbons (Fsp3) is 0.211. The van der Waals surface area contributed by atoms with Crippen molar-refractivity contribution in [1.29, 1.82) is 0 Å². The molecule has 10 heteroatoms. The minimum absolute atomic E-state index is 0.0725. The van der Waals surface area contributed by atoms with E-state index in [2.05, 4.69) is 15.9 Å². The quantitative estimate of drug-likeness (QED) is 0.596. The second-order valence-corrected chi connectivity index (χ2v) is 9.09. The molecule has 7 nitrogen and oxygen atoms in total. The summed E-state index contributed by atoms with van der Waals surface area (Å²) in [6.45, 7) is 1.65. The summed E-state index contributed by atoms with van der Waals surface area (Å²) in [5.41, 5.74) is 0.837. The second kappa shape index (κ2) is 7.34. The first-order valence-electron chi connectivity index (χ1n) is 8.67. The molecule has 0 bridgehead atoms. The summed E-state index contributed by atoms with van der Waals surface area (Å²) in [6, 6.07) is 8.58. The molecule has 1 aliphatic heterocycles. The van der Waals surface area contributed by atoms with Gasteiger partial charge in [0, 0.05) is 35.4 Å². The first kappa shape index (κ1) is 19.7. The van der Waals surface area contributed by atoms with Crippen LogP contribution in [0.3, 0.4) is 0 Å². The zero-order chi connectivity index (χ0) is 20.8. The predicted molar refractivity (Wildman–Crippen MR) is 108 cm³/mol. The van der Waals surface area contributed by atoms with Crippen molar-refractivity contribution in [2.45, 2.75) is 11.3 Å². The van der Waals surface area contributed by atoms with Gasteiger partial charge in [0.1, 0.15) is 22.0 Å². The SMILES string of the molecule is COc1ccc(Br)cc1S(=O)(=O)NC(=O)c1cc2c(F)cc(N3CCC3)cc2o1. The molecule has 29 heavy (non-hydrogen) atoms. The van der Waals surface area contributed by atoms with Crippen LogP contribution in [0.2, 0.25) is 0 Å². The Morgan fingerprint density at radius 1 is 1.24 bits per heavy atom. The fourth-order valence-corrected chi connectivity index (χ4v) is 4.70. The molecule has 1 aliphatic rings. The van der Waals surface area contributed by atoms with Gasteiger partial charge in [0.25, 0.3) is 10.0 Å². The van der Waals surface area contributed by atoms with Gasteiger partial charge in [0.05, 0.1) is 12.5 Å². The molecule has 0 saturated carbocycles. The minimum Gasteiger partial charge on any atom is -0.495 e.